The van der Waals surface area contributed by atoms with Crippen LogP contribution in [0.4, 0.5) is 0 Å². The molecule has 1 aliphatic rings. The zero-order valence-corrected chi connectivity index (χ0v) is 34.4. The van der Waals surface area contributed by atoms with Gasteiger partial charge in [-0.25, -0.2) is 4.57 Å². The highest BCUT2D eigenvalue weighted by Crippen LogP contribution is 2.47. The molecule has 0 aromatic rings. The third-order valence-corrected chi connectivity index (χ3v) is 10.4. The first-order chi connectivity index (χ1) is 26.4. The van der Waals surface area contributed by atoms with Crippen molar-refractivity contribution in [3.8, 4) is 0 Å². The molecule has 0 amide bonds. The third-order valence-electron chi connectivity index (χ3n) is 9.43. The average Bonchev–Trinajstić information content (AvgIpc) is 3.16. The number of hydrogen-bond donors (Lipinski definition) is 6. The topological polar surface area (TPSA) is 210 Å². The molecule has 6 N–H and O–H groups in total. The highest BCUT2D eigenvalue weighted by Gasteiger charge is 2.51. The lowest BCUT2D eigenvalue weighted by Crippen LogP contribution is -2.64. The van der Waals surface area contributed by atoms with Crippen molar-refractivity contribution < 1.29 is 63.1 Å². The van der Waals surface area contributed by atoms with Gasteiger partial charge in [0, 0.05) is 12.8 Å². The molecule has 13 nitrogen and oxygen atoms in total. The second-order valence-corrected chi connectivity index (χ2v) is 15.9. The molecule has 0 aromatic carbocycles. The largest absolute Gasteiger partial charge is 0.472 e. The fraction of sp³-hybridized carbons (Fsp3) is 0.805. The van der Waals surface area contributed by atoms with E-state index in [1.807, 2.05) is 0 Å². The van der Waals surface area contributed by atoms with Gasteiger partial charge in [0.1, 0.15) is 43.2 Å². The standard InChI is InChI=1S/C41H73O13P/c1-3-5-7-9-11-13-15-17-19-21-23-25-27-29-34(42)51-31-33(32-52-55(49,50)54-41-39(47)37(45)36(44)38(46)40(41)48)53-35(43)30-28-26-24-22-20-18-16-14-12-10-8-6-4-2/h8,10,13-16,33,36-41,44-48H,3-7,9,11-12,17-32H2,1-2H3,(H,49,50)/b10-8-,15-13-,16-14-. The molecular weight excluding hydrogens is 731 g/mol. The molecule has 0 spiro atoms. The van der Waals surface area contributed by atoms with Crippen molar-refractivity contribution in [2.24, 2.45) is 0 Å². The van der Waals surface area contributed by atoms with Crippen molar-refractivity contribution in [3.63, 3.8) is 0 Å². The van der Waals surface area contributed by atoms with Gasteiger partial charge in [0.25, 0.3) is 0 Å². The van der Waals surface area contributed by atoms with Crippen LogP contribution in [0.5, 0.6) is 0 Å². The summed E-state index contributed by atoms with van der Waals surface area (Å²) in [5, 5.41) is 50.0. The molecule has 0 aromatic heterocycles. The molecule has 0 radical (unpaired) electrons. The van der Waals surface area contributed by atoms with Gasteiger partial charge in [0.15, 0.2) is 6.10 Å². The second kappa shape index (κ2) is 32.1. The van der Waals surface area contributed by atoms with Gasteiger partial charge in [-0.05, 0) is 64.2 Å². The number of ether oxygens (including phenoxy) is 2. The molecule has 0 saturated heterocycles. The van der Waals surface area contributed by atoms with E-state index in [1.165, 1.54) is 25.7 Å². The minimum absolute atomic E-state index is 0.0784. The van der Waals surface area contributed by atoms with Crippen LogP contribution < -0.4 is 0 Å². The number of aliphatic hydroxyl groups is 5. The van der Waals surface area contributed by atoms with Crippen molar-refractivity contribution in [2.45, 2.75) is 198 Å². The number of phosphoric acid groups is 1. The zero-order chi connectivity index (χ0) is 40.7. The normalized spacial score (nSPS) is 23.4. The fourth-order valence-electron chi connectivity index (χ4n) is 6.02. The maximum Gasteiger partial charge on any atom is 0.472 e. The van der Waals surface area contributed by atoms with Crippen LogP contribution in [-0.4, -0.2) is 98.3 Å². The molecule has 6 atom stereocenters. The molecule has 1 aliphatic carbocycles. The van der Waals surface area contributed by atoms with Crippen LogP contribution in [0.2, 0.25) is 0 Å². The lowest BCUT2D eigenvalue weighted by molar-refractivity contribution is -0.220. The monoisotopic (exact) mass is 804 g/mol. The van der Waals surface area contributed by atoms with Gasteiger partial charge in [0.05, 0.1) is 6.61 Å². The molecule has 0 aliphatic heterocycles. The first kappa shape index (κ1) is 51.1. The number of carbonyl (C=O) groups excluding carboxylic acids is 2. The Morgan fingerprint density at radius 1 is 0.564 bits per heavy atom. The molecule has 6 unspecified atom stereocenters. The van der Waals surface area contributed by atoms with Gasteiger partial charge in [-0.15, -0.1) is 0 Å². The minimum Gasteiger partial charge on any atom is -0.462 e. The lowest BCUT2D eigenvalue weighted by atomic mass is 9.85. The van der Waals surface area contributed by atoms with Gasteiger partial charge in [0.2, 0.25) is 0 Å². The number of aliphatic hydroxyl groups excluding tert-OH is 5. The SMILES string of the molecule is CCC/C=C\C/C=C\CCCCCCCC(=O)OC(COC(=O)CCCCCCC/C=C\CCCCCC)COP(=O)(O)OC1C(O)C(O)C(O)C(O)C1O. The Kier molecular flexibility index (Phi) is 29.8. The number of allylic oxidation sites excluding steroid dienone is 6. The predicted molar refractivity (Wildman–Crippen MR) is 212 cm³/mol. The Labute approximate surface area is 329 Å². The van der Waals surface area contributed by atoms with E-state index in [1.54, 1.807) is 0 Å². The lowest BCUT2D eigenvalue weighted by Gasteiger charge is -2.41. The molecule has 1 fully saturated rings. The number of esters is 2. The highest BCUT2D eigenvalue weighted by atomic mass is 31.2. The van der Waals surface area contributed by atoms with Crippen LogP contribution in [0.3, 0.4) is 0 Å². The van der Waals surface area contributed by atoms with Crippen LogP contribution in [0, 0.1) is 0 Å². The molecule has 320 valence electrons. The van der Waals surface area contributed by atoms with E-state index < -0.39 is 75.7 Å². The zero-order valence-electron chi connectivity index (χ0n) is 33.5. The van der Waals surface area contributed by atoms with E-state index >= 15 is 0 Å². The van der Waals surface area contributed by atoms with Crippen molar-refractivity contribution in [2.75, 3.05) is 13.2 Å². The third kappa shape index (κ3) is 25.1. The Morgan fingerprint density at radius 3 is 1.56 bits per heavy atom. The fourth-order valence-corrected chi connectivity index (χ4v) is 7.00. The van der Waals surface area contributed by atoms with Crippen LogP contribution in [0.25, 0.3) is 0 Å². The Bertz CT molecular complexity index is 1110. The van der Waals surface area contributed by atoms with Crippen LogP contribution in [-0.2, 0) is 32.7 Å². The summed E-state index contributed by atoms with van der Waals surface area (Å²) < 4.78 is 33.4. The maximum absolute atomic E-state index is 12.8. The summed E-state index contributed by atoms with van der Waals surface area (Å²) >= 11 is 0. The Morgan fingerprint density at radius 2 is 1.02 bits per heavy atom. The first-order valence-electron chi connectivity index (χ1n) is 20.8. The minimum atomic E-state index is -5.12. The highest BCUT2D eigenvalue weighted by molar-refractivity contribution is 7.47. The van der Waals surface area contributed by atoms with Crippen LogP contribution >= 0.6 is 7.82 Å². The predicted octanol–water partition coefficient (Wildman–Crippen LogP) is 7.05. The number of hydrogen-bond acceptors (Lipinski definition) is 12. The molecule has 55 heavy (non-hydrogen) atoms. The Balaban J connectivity index is 2.53. The van der Waals surface area contributed by atoms with Crippen molar-refractivity contribution in [3.05, 3.63) is 36.5 Å². The van der Waals surface area contributed by atoms with Crippen LogP contribution in [0.15, 0.2) is 36.5 Å². The summed E-state index contributed by atoms with van der Waals surface area (Å²) in [6.45, 7) is 3.17. The number of phosphoric ester groups is 1. The second-order valence-electron chi connectivity index (χ2n) is 14.5. The van der Waals surface area contributed by atoms with Gasteiger partial charge in [-0.2, -0.15) is 0 Å². The van der Waals surface area contributed by atoms with E-state index in [-0.39, 0.29) is 12.8 Å². The van der Waals surface area contributed by atoms with Gasteiger partial charge >= 0.3 is 19.8 Å². The van der Waals surface area contributed by atoms with Gasteiger partial charge in [-0.1, -0.05) is 115 Å². The number of unbranched alkanes of at least 4 members (excludes halogenated alkanes) is 15. The maximum atomic E-state index is 12.8. The molecule has 1 rings (SSSR count). The summed E-state index contributed by atoms with van der Waals surface area (Å²) in [7, 11) is -5.12. The molecule has 14 heteroatoms. The van der Waals surface area contributed by atoms with E-state index in [9.17, 15) is 44.6 Å². The smallest absolute Gasteiger partial charge is 0.462 e. The molecule has 1 saturated carbocycles. The van der Waals surface area contributed by atoms with E-state index in [2.05, 4.69) is 50.3 Å². The molecular formula is C41H73O13P. The number of carbonyl (C=O) groups is 2. The Hall–Kier alpha value is -1.93. The van der Waals surface area contributed by atoms with Gasteiger partial charge in [-0.3, -0.25) is 18.6 Å². The molecule has 0 bridgehead atoms. The van der Waals surface area contributed by atoms with E-state index in [4.69, 9.17) is 18.5 Å². The summed E-state index contributed by atoms with van der Waals surface area (Å²) in [4.78, 5) is 35.5. The van der Waals surface area contributed by atoms with Crippen LogP contribution in [0.1, 0.15) is 155 Å². The molecule has 0 heterocycles. The summed E-state index contributed by atoms with van der Waals surface area (Å²) in [5.41, 5.74) is 0. The summed E-state index contributed by atoms with van der Waals surface area (Å²) in [6, 6.07) is 0. The van der Waals surface area contributed by atoms with Crippen molar-refractivity contribution in [1.29, 1.82) is 0 Å². The van der Waals surface area contributed by atoms with Crippen molar-refractivity contribution >= 4 is 19.8 Å². The van der Waals surface area contributed by atoms with E-state index in [0.29, 0.717) is 12.8 Å². The summed E-state index contributed by atoms with van der Waals surface area (Å²) in [5.74, 6) is -1.13. The summed E-state index contributed by atoms with van der Waals surface area (Å²) in [6.07, 6.45) is 20.7. The van der Waals surface area contributed by atoms with Crippen molar-refractivity contribution in [1.82, 2.24) is 0 Å². The van der Waals surface area contributed by atoms with Gasteiger partial charge < -0.3 is 39.9 Å². The average molecular weight is 805 g/mol. The first-order valence-corrected chi connectivity index (χ1v) is 22.3. The number of rotatable bonds is 33. The quantitative estimate of drug-likeness (QED) is 0.0170. The van der Waals surface area contributed by atoms with E-state index in [0.717, 1.165) is 89.9 Å².